The summed E-state index contributed by atoms with van der Waals surface area (Å²) >= 11 is 0. The molecule has 1 aliphatic heterocycles. The van der Waals surface area contributed by atoms with Gasteiger partial charge in [0.15, 0.2) is 9.84 Å². The number of sulfone groups is 1. The van der Waals surface area contributed by atoms with Gasteiger partial charge < -0.3 is 4.90 Å². The zero-order valence-electron chi connectivity index (χ0n) is 15.2. The van der Waals surface area contributed by atoms with Gasteiger partial charge in [-0.25, -0.2) is 18.4 Å². The van der Waals surface area contributed by atoms with Crippen LogP contribution >= 0.6 is 0 Å². The Morgan fingerprint density at radius 3 is 2.41 bits per heavy atom. The van der Waals surface area contributed by atoms with E-state index in [1.807, 2.05) is 6.07 Å². The first-order chi connectivity index (χ1) is 13.0. The van der Waals surface area contributed by atoms with E-state index in [1.54, 1.807) is 24.5 Å². The number of fused-ring (bicyclic) bond motifs is 1. The molecule has 2 heterocycles. The first kappa shape index (κ1) is 17.9. The van der Waals surface area contributed by atoms with E-state index in [-0.39, 0.29) is 0 Å². The van der Waals surface area contributed by atoms with Crippen LogP contribution in [0.4, 0.5) is 5.82 Å². The summed E-state index contributed by atoms with van der Waals surface area (Å²) in [5.74, 6) is 0.810. The van der Waals surface area contributed by atoms with Crippen LogP contribution in [0.2, 0.25) is 0 Å². The standard InChI is InChI=1S/C20H22N4O2S/c1-27(25,26)17-7-8-19-18(13-17)20(22-15-21-19)24-11-9-23(10-12-24)14-16-5-3-2-4-6-16/h2-8,13,15H,9-12,14H2,1H3. The molecule has 0 aliphatic carbocycles. The molecule has 3 aromatic rings. The smallest absolute Gasteiger partial charge is 0.175 e. The zero-order chi connectivity index (χ0) is 18.9. The lowest BCUT2D eigenvalue weighted by Gasteiger charge is -2.35. The highest BCUT2D eigenvalue weighted by molar-refractivity contribution is 7.90. The molecule has 0 radical (unpaired) electrons. The molecule has 0 unspecified atom stereocenters. The average Bonchev–Trinajstić information content (AvgIpc) is 2.68. The van der Waals surface area contributed by atoms with E-state index in [2.05, 4.69) is 44.0 Å². The van der Waals surface area contributed by atoms with Crippen LogP contribution in [0.15, 0.2) is 59.8 Å². The molecule has 1 fully saturated rings. The number of piperazine rings is 1. The third-order valence-corrected chi connectivity index (χ3v) is 6.04. The Labute approximate surface area is 159 Å². The topological polar surface area (TPSA) is 66.4 Å². The SMILES string of the molecule is CS(=O)(=O)c1ccc2ncnc(N3CCN(Cc4ccccc4)CC3)c2c1. The Bertz CT molecular complexity index is 1050. The summed E-state index contributed by atoms with van der Waals surface area (Å²) in [5, 5.41) is 0.789. The fourth-order valence-corrected chi connectivity index (χ4v) is 4.11. The highest BCUT2D eigenvalue weighted by Gasteiger charge is 2.21. The summed E-state index contributed by atoms with van der Waals surface area (Å²) in [6.07, 6.45) is 2.77. The van der Waals surface area contributed by atoms with Crippen LogP contribution in [0.3, 0.4) is 0 Å². The quantitative estimate of drug-likeness (QED) is 0.690. The molecule has 0 atom stereocenters. The Morgan fingerprint density at radius 2 is 1.70 bits per heavy atom. The number of hydrogen-bond acceptors (Lipinski definition) is 6. The fraction of sp³-hybridized carbons (Fsp3) is 0.300. The first-order valence-corrected chi connectivity index (χ1v) is 10.9. The maximum absolute atomic E-state index is 11.9. The highest BCUT2D eigenvalue weighted by Crippen LogP contribution is 2.26. The monoisotopic (exact) mass is 382 g/mol. The van der Waals surface area contributed by atoms with E-state index in [4.69, 9.17) is 0 Å². The van der Waals surface area contributed by atoms with Gasteiger partial charge in [0.1, 0.15) is 12.1 Å². The lowest BCUT2D eigenvalue weighted by Crippen LogP contribution is -2.46. The summed E-state index contributed by atoms with van der Waals surface area (Å²) in [5.41, 5.74) is 2.08. The molecule has 0 N–H and O–H groups in total. The molecule has 1 aromatic heterocycles. The summed E-state index contributed by atoms with van der Waals surface area (Å²) in [4.78, 5) is 13.7. The van der Waals surface area contributed by atoms with E-state index in [1.165, 1.54) is 11.8 Å². The van der Waals surface area contributed by atoms with Crippen LogP contribution in [0.1, 0.15) is 5.56 Å². The molecular weight excluding hydrogens is 360 g/mol. The van der Waals surface area contributed by atoms with Crippen LogP contribution in [0.25, 0.3) is 10.9 Å². The third kappa shape index (κ3) is 3.94. The second-order valence-electron chi connectivity index (χ2n) is 6.90. The zero-order valence-corrected chi connectivity index (χ0v) is 16.1. The van der Waals surface area contributed by atoms with Crippen molar-refractivity contribution in [1.82, 2.24) is 14.9 Å². The second-order valence-corrected chi connectivity index (χ2v) is 8.91. The fourth-order valence-electron chi connectivity index (χ4n) is 3.46. The molecular formula is C20H22N4O2S. The highest BCUT2D eigenvalue weighted by atomic mass is 32.2. The summed E-state index contributed by atoms with van der Waals surface area (Å²) in [6, 6.07) is 15.5. The number of hydrogen-bond donors (Lipinski definition) is 0. The van der Waals surface area contributed by atoms with Gasteiger partial charge in [-0.15, -0.1) is 0 Å². The van der Waals surface area contributed by atoms with E-state index in [0.29, 0.717) is 4.90 Å². The molecule has 1 aliphatic rings. The molecule has 0 spiro atoms. The molecule has 7 heteroatoms. The first-order valence-electron chi connectivity index (χ1n) is 8.97. The minimum atomic E-state index is -3.27. The van der Waals surface area contributed by atoms with Crippen molar-refractivity contribution in [1.29, 1.82) is 0 Å². The molecule has 0 bridgehead atoms. The lowest BCUT2D eigenvalue weighted by molar-refractivity contribution is 0.249. The van der Waals surface area contributed by atoms with E-state index < -0.39 is 9.84 Å². The van der Waals surface area contributed by atoms with E-state index in [9.17, 15) is 8.42 Å². The van der Waals surface area contributed by atoms with Gasteiger partial charge >= 0.3 is 0 Å². The van der Waals surface area contributed by atoms with Gasteiger partial charge in [-0.2, -0.15) is 0 Å². The van der Waals surface area contributed by atoms with Crippen molar-refractivity contribution in [2.45, 2.75) is 11.4 Å². The van der Waals surface area contributed by atoms with Crippen molar-refractivity contribution in [2.24, 2.45) is 0 Å². The summed E-state index contributed by atoms with van der Waals surface area (Å²) < 4.78 is 23.8. The number of aromatic nitrogens is 2. The van der Waals surface area contributed by atoms with Crippen molar-refractivity contribution in [2.75, 3.05) is 37.3 Å². The number of benzene rings is 2. The van der Waals surface area contributed by atoms with Gasteiger partial charge in [-0.3, -0.25) is 4.90 Å². The van der Waals surface area contributed by atoms with Crippen LogP contribution in [-0.2, 0) is 16.4 Å². The van der Waals surface area contributed by atoms with Gasteiger partial charge in [-0.05, 0) is 23.8 Å². The molecule has 4 rings (SSSR count). The van der Waals surface area contributed by atoms with Crippen LogP contribution in [-0.4, -0.2) is 55.7 Å². The molecule has 6 nitrogen and oxygen atoms in total. The van der Waals surface area contributed by atoms with E-state index >= 15 is 0 Å². The lowest BCUT2D eigenvalue weighted by atomic mass is 10.2. The van der Waals surface area contributed by atoms with Crippen LogP contribution in [0, 0.1) is 0 Å². The predicted octanol–water partition coefficient (Wildman–Crippen LogP) is 2.36. The van der Waals surface area contributed by atoms with Gasteiger partial charge in [0, 0.05) is 44.4 Å². The van der Waals surface area contributed by atoms with Crippen LogP contribution < -0.4 is 4.90 Å². The van der Waals surface area contributed by atoms with Crippen molar-refractivity contribution in [3.63, 3.8) is 0 Å². The van der Waals surface area contributed by atoms with Gasteiger partial charge in [0.2, 0.25) is 0 Å². The normalized spacial score (nSPS) is 16.0. The average molecular weight is 382 g/mol. The van der Waals surface area contributed by atoms with Crippen molar-refractivity contribution in [3.8, 4) is 0 Å². The molecule has 0 saturated carbocycles. The number of nitrogens with zero attached hydrogens (tertiary/aromatic N) is 4. The van der Waals surface area contributed by atoms with Crippen LogP contribution in [0.5, 0.6) is 0 Å². The summed E-state index contributed by atoms with van der Waals surface area (Å²) in [7, 11) is -3.27. The van der Waals surface area contributed by atoms with Gasteiger partial charge in [0.25, 0.3) is 0 Å². The van der Waals surface area contributed by atoms with E-state index in [0.717, 1.165) is 49.4 Å². The van der Waals surface area contributed by atoms with Crippen molar-refractivity contribution >= 4 is 26.6 Å². The maximum Gasteiger partial charge on any atom is 0.175 e. The summed E-state index contributed by atoms with van der Waals surface area (Å²) in [6.45, 7) is 4.51. The molecule has 0 amide bonds. The maximum atomic E-state index is 11.9. The minimum Gasteiger partial charge on any atom is -0.353 e. The Kier molecular flexibility index (Phi) is 4.80. The van der Waals surface area contributed by atoms with Gasteiger partial charge in [-0.1, -0.05) is 30.3 Å². The third-order valence-electron chi connectivity index (χ3n) is 4.93. The Morgan fingerprint density at radius 1 is 0.963 bits per heavy atom. The number of rotatable bonds is 4. The molecule has 140 valence electrons. The molecule has 1 saturated heterocycles. The minimum absolute atomic E-state index is 0.300. The largest absolute Gasteiger partial charge is 0.353 e. The van der Waals surface area contributed by atoms with Gasteiger partial charge in [0.05, 0.1) is 10.4 Å². The predicted molar refractivity (Wildman–Crippen MR) is 107 cm³/mol. The molecule has 2 aromatic carbocycles. The Hall–Kier alpha value is -2.51. The Balaban J connectivity index is 1.55. The van der Waals surface area contributed by atoms with Crippen molar-refractivity contribution < 1.29 is 8.42 Å². The van der Waals surface area contributed by atoms with Crippen molar-refractivity contribution in [3.05, 3.63) is 60.4 Å². The number of anilines is 1. The second kappa shape index (κ2) is 7.25. The molecule has 27 heavy (non-hydrogen) atoms.